The fourth-order valence-corrected chi connectivity index (χ4v) is 3.15. The first-order valence-corrected chi connectivity index (χ1v) is 8.02. The summed E-state index contributed by atoms with van der Waals surface area (Å²) in [4.78, 5) is 12.2. The molecule has 3 rings (SSSR count). The topological polar surface area (TPSA) is 50.4 Å². The van der Waals surface area contributed by atoms with Gasteiger partial charge in [0.05, 0.1) is 0 Å². The average molecular weight is 288 g/mol. The van der Waals surface area contributed by atoms with Crippen molar-refractivity contribution in [2.45, 2.75) is 37.6 Å². The SMILES string of the molecule is O=C(NC1CCOCC1)c1ccc(C2CCCNC2)cc1. The Morgan fingerprint density at radius 2 is 1.90 bits per heavy atom. The van der Waals surface area contributed by atoms with Crippen molar-refractivity contribution < 1.29 is 9.53 Å². The zero-order valence-electron chi connectivity index (χ0n) is 12.4. The molecule has 1 aromatic carbocycles. The quantitative estimate of drug-likeness (QED) is 0.895. The molecule has 114 valence electrons. The van der Waals surface area contributed by atoms with Crippen LogP contribution in [0.5, 0.6) is 0 Å². The highest BCUT2D eigenvalue weighted by molar-refractivity contribution is 5.94. The van der Waals surface area contributed by atoms with Crippen molar-refractivity contribution in [1.29, 1.82) is 0 Å². The van der Waals surface area contributed by atoms with Crippen molar-refractivity contribution in [3.05, 3.63) is 35.4 Å². The number of amides is 1. The summed E-state index contributed by atoms with van der Waals surface area (Å²) in [5, 5.41) is 6.54. The fraction of sp³-hybridized carbons (Fsp3) is 0.588. The molecule has 0 aromatic heterocycles. The minimum atomic E-state index is 0.0372. The summed E-state index contributed by atoms with van der Waals surface area (Å²) in [6.07, 6.45) is 4.30. The Labute approximate surface area is 126 Å². The second-order valence-corrected chi connectivity index (χ2v) is 6.03. The van der Waals surface area contributed by atoms with Crippen LogP contribution in [0.3, 0.4) is 0 Å². The van der Waals surface area contributed by atoms with E-state index < -0.39 is 0 Å². The third-order valence-corrected chi connectivity index (χ3v) is 4.50. The van der Waals surface area contributed by atoms with Gasteiger partial charge in [0.2, 0.25) is 0 Å². The van der Waals surface area contributed by atoms with Crippen LogP contribution in [0, 0.1) is 0 Å². The van der Waals surface area contributed by atoms with Gasteiger partial charge in [-0.25, -0.2) is 0 Å². The predicted octanol–water partition coefficient (Wildman–Crippen LogP) is 2.06. The van der Waals surface area contributed by atoms with Gasteiger partial charge in [0.25, 0.3) is 5.91 Å². The average Bonchev–Trinajstić information content (AvgIpc) is 2.57. The van der Waals surface area contributed by atoms with Gasteiger partial charge in [0.1, 0.15) is 0 Å². The molecule has 21 heavy (non-hydrogen) atoms. The molecule has 2 N–H and O–H groups in total. The monoisotopic (exact) mass is 288 g/mol. The summed E-state index contributed by atoms with van der Waals surface area (Å²) in [6, 6.07) is 8.39. The molecule has 0 bridgehead atoms. The maximum Gasteiger partial charge on any atom is 0.251 e. The van der Waals surface area contributed by atoms with E-state index in [1.54, 1.807) is 0 Å². The highest BCUT2D eigenvalue weighted by Crippen LogP contribution is 2.23. The molecular weight excluding hydrogens is 264 g/mol. The number of nitrogens with one attached hydrogen (secondary N) is 2. The Morgan fingerprint density at radius 1 is 1.14 bits per heavy atom. The number of hydrogen-bond acceptors (Lipinski definition) is 3. The van der Waals surface area contributed by atoms with Crippen molar-refractivity contribution >= 4 is 5.91 Å². The smallest absolute Gasteiger partial charge is 0.251 e. The molecule has 0 spiro atoms. The zero-order valence-corrected chi connectivity index (χ0v) is 12.4. The van der Waals surface area contributed by atoms with Gasteiger partial charge in [-0.1, -0.05) is 12.1 Å². The normalized spacial score (nSPS) is 23.7. The maximum absolute atomic E-state index is 12.2. The summed E-state index contributed by atoms with van der Waals surface area (Å²) < 4.78 is 5.31. The third-order valence-electron chi connectivity index (χ3n) is 4.50. The molecular formula is C17H24N2O2. The van der Waals surface area contributed by atoms with Gasteiger partial charge in [0.15, 0.2) is 0 Å². The number of ether oxygens (including phenoxy) is 1. The number of carbonyl (C=O) groups excluding carboxylic acids is 1. The largest absolute Gasteiger partial charge is 0.381 e. The second-order valence-electron chi connectivity index (χ2n) is 6.03. The Kier molecular flexibility index (Phi) is 4.88. The van der Waals surface area contributed by atoms with Crippen molar-refractivity contribution in [2.75, 3.05) is 26.3 Å². The number of carbonyl (C=O) groups is 1. The molecule has 0 radical (unpaired) electrons. The summed E-state index contributed by atoms with van der Waals surface area (Å²) in [5.74, 6) is 0.626. The summed E-state index contributed by atoms with van der Waals surface area (Å²) >= 11 is 0. The molecule has 0 saturated carbocycles. The lowest BCUT2D eigenvalue weighted by molar-refractivity contribution is 0.0696. The minimum Gasteiger partial charge on any atom is -0.381 e. The van der Waals surface area contributed by atoms with E-state index in [4.69, 9.17) is 4.74 Å². The summed E-state index contributed by atoms with van der Waals surface area (Å²) in [6.45, 7) is 3.67. The molecule has 2 aliphatic heterocycles. The molecule has 2 aliphatic rings. The molecule has 2 saturated heterocycles. The highest BCUT2D eigenvalue weighted by atomic mass is 16.5. The summed E-state index contributed by atoms with van der Waals surface area (Å²) in [7, 11) is 0. The van der Waals surface area contributed by atoms with Crippen LogP contribution >= 0.6 is 0 Å². The molecule has 4 nitrogen and oxygen atoms in total. The number of piperidine rings is 1. The Balaban J connectivity index is 1.58. The Bertz CT molecular complexity index is 460. The highest BCUT2D eigenvalue weighted by Gasteiger charge is 2.18. The van der Waals surface area contributed by atoms with Gasteiger partial charge in [-0.3, -0.25) is 4.79 Å². The Hall–Kier alpha value is -1.39. The van der Waals surface area contributed by atoms with E-state index in [9.17, 15) is 4.79 Å². The van der Waals surface area contributed by atoms with Gasteiger partial charge >= 0.3 is 0 Å². The van der Waals surface area contributed by atoms with Gasteiger partial charge in [-0.2, -0.15) is 0 Å². The predicted molar refractivity (Wildman–Crippen MR) is 82.6 cm³/mol. The van der Waals surface area contributed by atoms with Crippen LogP contribution in [0.4, 0.5) is 0 Å². The standard InChI is InChI=1S/C17H24N2O2/c20-17(19-16-7-10-21-11-8-16)14-5-3-13(4-6-14)15-2-1-9-18-12-15/h3-6,15-16,18H,1-2,7-12H2,(H,19,20). The van der Waals surface area contributed by atoms with E-state index in [0.717, 1.165) is 44.7 Å². The maximum atomic E-state index is 12.2. The van der Waals surface area contributed by atoms with Crippen molar-refractivity contribution in [2.24, 2.45) is 0 Å². The van der Waals surface area contributed by atoms with E-state index in [1.165, 1.54) is 18.4 Å². The van der Waals surface area contributed by atoms with Gasteiger partial charge in [0, 0.05) is 31.4 Å². The molecule has 1 atom stereocenters. The lowest BCUT2D eigenvalue weighted by atomic mass is 9.91. The zero-order chi connectivity index (χ0) is 14.5. The molecule has 4 heteroatoms. The molecule has 1 unspecified atom stereocenters. The van der Waals surface area contributed by atoms with Crippen LogP contribution in [0.2, 0.25) is 0 Å². The van der Waals surface area contributed by atoms with Crippen LogP contribution in [-0.2, 0) is 4.74 Å². The Morgan fingerprint density at radius 3 is 2.57 bits per heavy atom. The first-order valence-electron chi connectivity index (χ1n) is 8.02. The number of benzene rings is 1. The minimum absolute atomic E-state index is 0.0372. The third kappa shape index (κ3) is 3.83. The first kappa shape index (κ1) is 14.5. The second kappa shape index (κ2) is 7.05. The van der Waals surface area contributed by atoms with Crippen LogP contribution < -0.4 is 10.6 Å². The lowest BCUT2D eigenvalue weighted by Crippen LogP contribution is -2.38. The fourth-order valence-electron chi connectivity index (χ4n) is 3.15. The van der Waals surface area contributed by atoms with E-state index in [2.05, 4.69) is 22.8 Å². The van der Waals surface area contributed by atoms with E-state index in [-0.39, 0.29) is 11.9 Å². The number of rotatable bonds is 3. The molecule has 2 heterocycles. The lowest BCUT2D eigenvalue weighted by Gasteiger charge is -2.24. The van der Waals surface area contributed by atoms with Crippen LogP contribution in [0.15, 0.2) is 24.3 Å². The van der Waals surface area contributed by atoms with Crippen LogP contribution in [0.25, 0.3) is 0 Å². The first-order chi connectivity index (χ1) is 10.3. The van der Waals surface area contributed by atoms with E-state index >= 15 is 0 Å². The van der Waals surface area contributed by atoms with Gasteiger partial charge in [-0.05, 0) is 55.8 Å². The molecule has 0 aliphatic carbocycles. The van der Waals surface area contributed by atoms with Gasteiger partial charge in [-0.15, -0.1) is 0 Å². The molecule has 1 aromatic rings. The molecule has 1 amide bonds. The van der Waals surface area contributed by atoms with Crippen LogP contribution in [-0.4, -0.2) is 38.3 Å². The molecule has 2 fully saturated rings. The van der Waals surface area contributed by atoms with E-state index in [0.29, 0.717) is 5.92 Å². The summed E-state index contributed by atoms with van der Waals surface area (Å²) in [5.41, 5.74) is 2.10. The van der Waals surface area contributed by atoms with E-state index in [1.807, 2.05) is 12.1 Å². The van der Waals surface area contributed by atoms with Gasteiger partial charge < -0.3 is 15.4 Å². The van der Waals surface area contributed by atoms with Crippen molar-refractivity contribution in [1.82, 2.24) is 10.6 Å². The van der Waals surface area contributed by atoms with Crippen LogP contribution in [0.1, 0.15) is 47.5 Å². The van der Waals surface area contributed by atoms with Crippen molar-refractivity contribution in [3.63, 3.8) is 0 Å². The van der Waals surface area contributed by atoms with Crippen molar-refractivity contribution in [3.8, 4) is 0 Å². The number of hydrogen-bond donors (Lipinski definition) is 2.